The predicted octanol–water partition coefficient (Wildman–Crippen LogP) is 3.21. The summed E-state index contributed by atoms with van der Waals surface area (Å²) in [6.45, 7) is 1.54. The Kier molecular flexibility index (Phi) is 4.55. The molecule has 2 aromatic rings. The van der Waals surface area contributed by atoms with E-state index in [0.29, 0.717) is 6.61 Å². The van der Waals surface area contributed by atoms with Crippen molar-refractivity contribution in [2.45, 2.75) is 5.33 Å². The van der Waals surface area contributed by atoms with Gasteiger partial charge in [0.2, 0.25) is 0 Å². The molecule has 0 aliphatic heterocycles. The number of anilines is 1. The van der Waals surface area contributed by atoms with Crippen LogP contribution in [0.15, 0.2) is 30.3 Å². The Bertz CT molecular complexity index is 530. The number of nitrogens with zero attached hydrogens (tertiary/aromatic N) is 2. The number of para-hydroxylation sites is 1. The number of fused-ring (bicyclic) bond motifs is 1. The molecule has 0 amide bonds. The van der Waals surface area contributed by atoms with Crippen molar-refractivity contribution in [3.63, 3.8) is 0 Å². The Morgan fingerprint density at radius 2 is 2.11 bits per heavy atom. The minimum atomic E-state index is 0.701. The maximum absolute atomic E-state index is 5.11. The van der Waals surface area contributed by atoms with Gasteiger partial charge in [-0.3, -0.25) is 0 Å². The summed E-state index contributed by atoms with van der Waals surface area (Å²) in [6, 6.07) is 10.4. The van der Waals surface area contributed by atoms with Crippen molar-refractivity contribution in [2.24, 2.45) is 0 Å². The molecular formula is C14H17BrN2O. The van der Waals surface area contributed by atoms with Gasteiger partial charge < -0.3 is 9.64 Å². The van der Waals surface area contributed by atoms with Gasteiger partial charge in [0.1, 0.15) is 5.82 Å². The van der Waals surface area contributed by atoms with Gasteiger partial charge in [0.05, 0.1) is 12.1 Å². The molecule has 2 rings (SSSR count). The largest absolute Gasteiger partial charge is 0.383 e. The summed E-state index contributed by atoms with van der Waals surface area (Å²) in [5.74, 6) is 1.02. The topological polar surface area (TPSA) is 25.4 Å². The molecule has 0 saturated carbocycles. The first-order valence-corrected chi connectivity index (χ1v) is 7.03. The van der Waals surface area contributed by atoms with E-state index in [1.165, 1.54) is 10.9 Å². The Morgan fingerprint density at radius 1 is 1.33 bits per heavy atom. The highest BCUT2D eigenvalue weighted by Gasteiger charge is 2.10. The first-order chi connectivity index (χ1) is 8.76. The second-order valence-corrected chi connectivity index (χ2v) is 4.77. The van der Waals surface area contributed by atoms with E-state index in [2.05, 4.69) is 33.0 Å². The molecule has 0 saturated heterocycles. The lowest BCUT2D eigenvalue weighted by Gasteiger charge is -2.21. The van der Waals surface area contributed by atoms with Gasteiger partial charge in [-0.05, 0) is 12.1 Å². The van der Waals surface area contributed by atoms with E-state index in [9.17, 15) is 0 Å². The van der Waals surface area contributed by atoms with E-state index in [1.54, 1.807) is 7.11 Å². The fraction of sp³-hybridized carbons (Fsp3) is 0.357. The minimum Gasteiger partial charge on any atom is -0.383 e. The van der Waals surface area contributed by atoms with E-state index >= 15 is 0 Å². The zero-order valence-corrected chi connectivity index (χ0v) is 12.3. The third kappa shape index (κ3) is 2.82. The number of alkyl halides is 1. The number of halogens is 1. The maximum atomic E-state index is 5.11. The first-order valence-electron chi connectivity index (χ1n) is 5.91. The number of likely N-dealkylation sites (N-methyl/N-ethyl adjacent to an activating group) is 1. The van der Waals surface area contributed by atoms with E-state index in [0.717, 1.165) is 23.2 Å². The van der Waals surface area contributed by atoms with Gasteiger partial charge in [0.25, 0.3) is 0 Å². The maximum Gasteiger partial charge on any atom is 0.133 e. The fourth-order valence-electron chi connectivity index (χ4n) is 1.91. The highest BCUT2D eigenvalue weighted by Crippen LogP contribution is 2.24. The van der Waals surface area contributed by atoms with Crippen LogP contribution in [0, 0.1) is 0 Å². The van der Waals surface area contributed by atoms with E-state index in [4.69, 9.17) is 9.72 Å². The molecule has 0 bridgehead atoms. The highest BCUT2D eigenvalue weighted by atomic mass is 79.9. The van der Waals surface area contributed by atoms with Crippen LogP contribution >= 0.6 is 15.9 Å². The van der Waals surface area contributed by atoms with Crippen molar-refractivity contribution >= 4 is 32.7 Å². The number of ether oxygens (including phenoxy) is 1. The smallest absolute Gasteiger partial charge is 0.133 e. The number of hydrogen-bond acceptors (Lipinski definition) is 3. The lowest BCUT2D eigenvalue weighted by molar-refractivity contribution is 0.206. The predicted molar refractivity (Wildman–Crippen MR) is 79.5 cm³/mol. The molecule has 0 aliphatic carbocycles. The molecule has 0 radical (unpaired) electrons. The number of hydrogen-bond donors (Lipinski definition) is 0. The van der Waals surface area contributed by atoms with Gasteiger partial charge in [-0.15, -0.1) is 0 Å². The van der Waals surface area contributed by atoms with Gasteiger partial charge >= 0.3 is 0 Å². The summed E-state index contributed by atoms with van der Waals surface area (Å²) in [7, 11) is 3.76. The van der Waals surface area contributed by atoms with Crippen LogP contribution in [0.25, 0.3) is 10.9 Å². The summed E-state index contributed by atoms with van der Waals surface area (Å²) in [5.41, 5.74) is 2.23. The van der Waals surface area contributed by atoms with Crippen LogP contribution in [0.5, 0.6) is 0 Å². The molecule has 4 heteroatoms. The standard InChI is InChI=1S/C14H17BrN2O/c1-17(7-8-18-2)14-12(10-15)9-11-5-3-4-6-13(11)16-14/h3-6,9H,7-8,10H2,1-2H3. The minimum absolute atomic E-state index is 0.701. The van der Waals surface area contributed by atoms with Crippen LogP contribution in [0.3, 0.4) is 0 Å². The quantitative estimate of drug-likeness (QED) is 0.793. The summed E-state index contributed by atoms with van der Waals surface area (Å²) >= 11 is 3.53. The summed E-state index contributed by atoms with van der Waals surface area (Å²) < 4.78 is 5.11. The molecule has 0 atom stereocenters. The van der Waals surface area contributed by atoms with E-state index < -0.39 is 0 Å². The zero-order valence-electron chi connectivity index (χ0n) is 10.7. The van der Waals surface area contributed by atoms with Crippen LogP contribution in [0.4, 0.5) is 5.82 Å². The van der Waals surface area contributed by atoms with Crippen molar-refractivity contribution < 1.29 is 4.74 Å². The fourth-order valence-corrected chi connectivity index (χ4v) is 2.33. The number of methoxy groups -OCH3 is 1. The van der Waals surface area contributed by atoms with Gasteiger partial charge in [-0.1, -0.05) is 34.1 Å². The Hall–Kier alpha value is -1.13. The van der Waals surface area contributed by atoms with Crippen molar-refractivity contribution in [3.8, 4) is 0 Å². The summed E-state index contributed by atoms with van der Waals surface area (Å²) in [4.78, 5) is 6.87. The summed E-state index contributed by atoms with van der Waals surface area (Å²) in [6.07, 6.45) is 0. The molecule has 0 aliphatic rings. The van der Waals surface area contributed by atoms with Crippen LogP contribution in [0.2, 0.25) is 0 Å². The second-order valence-electron chi connectivity index (χ2n) is 4.21. The number of pyridine rings is 1. The lowest BCUT2D eigenvalue weighted by Crippen LogP contribution is -2.24. The number of aromatic nitrogens is 1. The third-order valence-electron chi connectivity index (χ3n) is 2.92. The molecule has 1 aromatic heterocycles. The first kappa shape index (κ1) is 13.3. The monoisotopic (exact) mass is 308 g/mol. The lowest BCUT2D eigenvalue weighted by atomic mass is 10.1. The normalized spacial score (nSPS) is 10.8. The molecule has 18 heavy (non-hydrogen) atoms. The molecule has 0 fully saturated rings. The Labute approximate surface area is 116 Å². The average Bonchev–Trinajstić information content (AvgIpc) is 2.43. The van der Waals surface area contributed by atoms with E-state index in [-0.39, 0.29) is 0 Å². The molecule has 1 heterocycles. The third-order valence-corrected chi connectivity index (χ3v) is 3.52. The van der Waals surface area contributed by atoms with Crippen molar-refractivity contribution in [3.05, 3.63) is 35.9 Å². The second kappa shape index (κ2) is 6.16. The van der Waals surface area contributed by atoms with Crippen molar-refractivity contribution in [1.82, 2.24) is 4.98 Å². The molecule has 1 aromatic carbocycles. The van der Waals surface area contributed by atoms with Gasteiger partial charge in [0, 0.05) is 37.0 Å². The average molecular weight is 309 g/mol. The molecule has 0 N–H and O–H groups in total. The van der Waals surface area contributed by atoms with Crippen LogP contribution in [0.1, 0.15) is 5.56 Å². The van der Waals surface area contributed by atoms with Crippen LogP contribution < -0.4 is 4.90 Å². The van der Waals surface area contributed by atoms with E-state index in [1.807, 2.05) is 25.2 Å². The Balaban J connectivity index is 2.41. The molecule has 0 unspecified atom stereocenters. The highest BCUT2D eigenvalue weighted by molar-refractivity contribution is 9.08. The van der Waals surface area contributed by atoms with Gasteiger partial charge in [-0.25, -0.2) is 4.98 Å². The molecule has 96 valence electrons. The molecular weight excluding hydrogens is 292 g/mol. The summed E-state index contributed by atoms with van der Waals surface area (Å²) in [5, 5.41) is 1.98. The van der Waals surface area contributed by atoms with Crippen molar-refractivity contribution in [2.75, 3.05) is 32.2 Å². The molecule has 0 spiro atoms. The number of rotatable bonds is 5. The van der Waals surface area contributed by atoms with Gasteiger partial charge in [0.15, 0.2) is 0 Å². The zero-order chi connectivity index (χ0) is 13.0. The van der Waals surface area contributed by atoms with Crippen LogP contribution in [-0.2, 0) is 10.1 Å². The van der Waals surface area contributed by atoms with Crippen molar-refractivity contribution in [1.29, 1.82) is 0 Å². The van der Waals surface area contributed by atoms with Gasteiger partial charge in [-0.2, -0.15) is 0 Å². The molecule has 3 nitrogen and oxygen atoms in total. The SMILES string of the molecule is COCCN(C)c1nc2ccccc2cc1CBr. The Morgan fingerprint density at radius 3 is 2.83 bits per heavy atom. The number of benzene rings is 1. The van der Waals surface area contributed by atoms with Crippen LogP contribution in [-0.4, -0.2) is 32.3 Å².